The molecule has 1 aliphatic heterocycles. The summed E-state index contributed by atoms with van der Waals surface area (Å²) in [5, 5.41) is 3.19. The maximum atomic E-state index is 11.7. The van der Waals surface area contributed by atoms with Crippen LogP contribution < -0.4 is 5.32 Å². The summed E-state index contributed by atoms with van der Waals surface area (Å²) in [6, 6.07) is 0.173. The van der Waals surface area contributed by atoms with Gasteiger partial charge < -0.3 is 10.1 Å². The van der Waals surface area contributed by atoms with E-state index in [4.69, 9.17) is 4.74 Å². The number of amides is 1. The summed E-state index contributed by atoms with van der Waals surface area (Å²) in [7, 11) is 0. The summed E-state index contributed by atoms with van der Waals surface area (Å²) in [5.41, 5.74) is 1.99. The number of allylic oxidation sites excluding steroid dienone is 1. The second kappa shape index (κ2) is 6.38. The molecule has 2 bridgehead atoms. The van der Waals surface area contributed by atoms with Crippen molar-refractivity contribution in [2.24, 2.45) is 17.3 Å². The van der Waals surface area contributed by atoms with E-state index in [0.717, 1.165) is 50.9 Å². The molecule has 1 N–H and O–H groups in total. The first-order chi connectivity index (χ1) is 11.9. The van der Waals surface area contributed by atoms with Gasteiger partial charge >= 0.3 is 0 Å². The first-order valence-electron chi connectivity index (χ1n) is 10.2. The molecule has 1 saturated heterocycles. The first kappa shape index (κ1) is 17.5. The van der Waals surface area contributed by atoms with E-state index in [1.807, 2.05) is 0 Å². The van der Waals surface area contributed by atoms with Crippen LogP contribution in [0, 0.1) is 17.3 Å². The minimum atomic E-state index is -0.172. The Morgan fingerprint density at radius 1 is 1.40 bits per heavy atom. The molecule has 0 radical (unpaired) electrons. The van der Waals surface area contributed by atoms with Gasteiger partial charge in [0.2, 0.25) is 5.91 Å². The van der Waals surface area contributed by atoms with Crippen molar-refractivity contribution in [2.75, 3.05) is 26.2 Å². The standard InChI is InChI=1S/C21H34N2O2/c1-15(24)22-19-6-4-5-9-21(19)14-23(10-11-25-21)13-16-7-8-17-12-18(16)20(17,2)3/h7,17-19H,4-6,8-14H2,1-3H3,(H,22,24)/t17-,18-,19-,21-/m0/s1. The molecule has 4 atom stereocenters. The summed E-state index contributed by atoms with van der Waals surface area (Å²) in [5.74, 6) is 1.76. The molecule has 5 rings (SSSR count). The number of ether oxygens (including phenoxy) is 1. The van der Waals surface area contributed by atoms with Gasteiger partial charge in [-0.05, 0) is 42.9 Å². The van der Waals surface area contributed by atoms with E-state index in [1.165, 1.54) is 25.7 Å². The van der Waals surface area contributed by atoms with Crippen molar-refractivity contribution in [3.05, 3.63) is 11.6 Å². The number of morpholine rings is 1. The van der Waals surface area contributed by atoms with Gasteiger partial charge in [-0.25, -0.2) is 0 Å². The largest absolute Gasteiger partial charge is 0.370 e. The van der Waals surface area contributed by atoms with Crippen molar-refractivity contribution in [2.45, 2.75) is 70.9 Å². The van der Waals surface area contributed by atoms with Crippen LogP contribution in [-0.4, -0.2) is 48.7 Å². The third kappa shape index (κ3) is 3.06. The van der Waals surface area contributed by atoms with E-state index in [1.54, 1.807) is 12.5 Å². The third-order valence-electron chi connectivity index (χ3n) is 7.63. The van der Waals surface area contributed by atoms with Gasteiger partial charge in [0.25, 0.3) is 0 Å². The highest BCUT2D eigenvalue weighted by Crippen LogP contribution is 2.59. The van der Waals surface area contributed by atoms with E-state index in [0.29, 0.717) is 5.41 Å². The molecule has 25 heavy (non-hydrogen) atoms. The summed E-state index contributed by atoms with van der Waals surface area (Å²) in [4.78, 5) is 14.3. The molecule has 0 aromatic rings. The fourth-order valence-corrected chi connectivity index (χ4v) is 5.95. The Kier molecular flexibility index (Phi) is 4.48. The highest BCUT2D eigenvalue weighted by atomic mass is 16.5. The van der Waals surface area contributed by atoms with Crippen molar-refractivity contribution in [1.82, 2.24) is 10.2 Å². The predicted molar refractivity (Wildman–Crippen MR) is 99.3 cm³/mol. The van der Waals surface area contributed by atoms with Crippen LogP contribution >= 0.6 is 0 Å². The fourth-order valence-electron chi connectivity index (χ4n) is 5.95. The van der Waals surface area contributed by atoms with Gasteiger partial charge in [-0.3, -0.25) is 9.69 Å². The van der Waals surface area contributed by atoms with Crippen LogP contribution in [0.5, 0.6) is 0 Å². The lowest BCUT2D eigenvalue weighted by Gasteiger charge is -2.57. The van der Waals surface area contributed by atoms with Crippen LogP contribution in [0.3, 0.4) is 0 Å². The van der Waals surface area contributed by atoms with Gasteiger partial charge in [-0.15, -0.1) is 0 Å². The number of carbonyl (C=O) groups is 1. The Bertz CT molecular complexity index is 566. The van der Waals surface area contributed by atoms with Crippen molar-refractivity contribution in [3.8, 4) is 0 Å². The van der Waals surface area contributed by atoms with Crippen molar-refractivity contribution >= 4 is 5.91 Å². The summed E-state index contributed by atoms with van der Waals surface area (Å²) >= 11 is 0. The highest BCUT2D eigenvalue weighted by Gasteiger charge is 2.52. The topological polar surface area (TPSA) is 41.6 Å². The Morgan fingerprint density at radius 3 is 2.96 bits per heavy atom. The van der Waals surface area contributed by atoms with Crippen LogP contribution in [0.15, 0.2) is 11.6 Å². The lowest BCUT2D eigenvalue weighted by molar-refractivity contribution is -0.149. The molecule has 0 aromatic carbocycles. The molecule has 0 unspecified atom stereocenters. The molecule has 140 valence electrons. The number of nitrogens with zero attached hydrogens (tertiary/aromatic N) is 1. The maximum absolute atomic E-state index is 11.7. The Hall–Kier alpha value is -0.870. The lowest BCUT2D eigenvalue weighted by atomic mass is 9.49. The predicted octanol–water partition coefficient (Wildman–Crippen LogP) is 3.13. The summed E-state index contributed by atoms with van der Waals surface area (Å²) < 4.78 is 6.34. The van der Waals surface area contributed by atoms with Crippen LogP contribution in [-0.2, 0) is 9.53 Å². The van der Waals surface area contributed by atoms with E-state index < -0.39 is 0 Å². The molecule has 2 saturated carbocycles. The van der Waals surface area contributed by atoms with E-state index in [-0.39, 0.29) is 17.6 Å². The number of nitrogens with one attached hydrogen (secondary N) is 1. The van der Waals surface area contributed by atoms with Crippen molar-refractivity contribution in [1.29, 1.82) is 0 Å². The Morgan fingerprint density at radius 2 is 2.24 bits per heavy atom. The number of carbonyl (C=O) groups excluding carboxylic acids is 1. The molecule has 1 heterocycles. The zero-order chi connectivity index (χ0) is 17.7. The molecule has 1 spiro atoms. The maximum Gasteiger partial charge on any atom is 0.217 e. The second-order valence-electron chi connectivity index (χ2n) is 9.44. The van der Waals surface area contributed by atoms with Gasteiger partial charge in [0.05, 0.1) is 12.6 Å². The van der Waals surface area contributed by atoms with Crippen molar-refractivity contribution < 1.29 is 9.53 Å². The molecule has 4 aliphatic carbocycles. The van der Waals surface area contributed by atoms with Crippen molar-refractivity contribution in [3.63, 3.8) is 0 Å². The minimum absolute atomic E-state index is 0.0734. The number of hydrogen-bond donors (Lipinski definition) is 1. The SMILES string of the molecule is CC(=O)N[C@H]1CCCC[C@]12CN(CC1=CC[C@H]3C[C@@H]1C3(C)C)CCO2. The lowest BCUT2D eigenvalue weighted by Crippen LogP contribution is -2.64. The van der Waals surface area contributed by atoms with Crippen LogP contribution in [0.2, 0.25) is 0 Å². The average molecular weight is 347 g/mol. The first-order valence-corrected chi connectivity index (χ1v) is 10.2. The van der Waals surface area contributed by atoms with Crippen LogP contribution in [0.4, 0.5) is 0 Å². The average Bonchev–Trinajstić information content (AvgIpc) is 2.57. The highest BCUT2D eigenvalue weighted by molar-refractivity contribution is 5.73. The van der Waals surface area contributed by atoms with E-state index >= 15 is 0 Å². The van der Waals surface area contributed by atoms with Gasteiger partial charge in [0, 0.05) is 26.6 Å². The summed E-state index contributed by atoms with van der Waals surface area (Å²) in [6.07, 6.45) is 9.71. The molecule has 1 amide bonds. The van der Waals surface area contributed by atoms with Gasteiger partial charge in [0.1, 0.15) is 5.60 Å². The van der Waals surface area contributed by atoms with Gasteiger partial charge in [0.15, 0.2) is 0 Å². The monoisotopic (exact) mass is 346 g/mol. The normalized spacial score (nSPS) is 40.3. The second-order valence-corrected chi connectivity index (χ2v) is 9.44. The zero-order valence-electron chi connectivity index (χ0n) is 16.1. The van der Waals surface area contributed by atoms with E-state index in [2.05, 4.69) is 30.1 Å². The molecular formula is C21H34N2O2. The fraction of sp³-hybridized carbons (Fsp3) is 0.857. The molecule has 5 aliphatic rings. The van der Waals surface area contributed by atoms with Crippen LogP contribution in [0.25, 0.3) is 0 Å². The Balaban J connectivity index is 1.45. The smallest absolute Gasteiger partial charge is 0.217 e. The van der Waals surface area contributed by atoms with Gasteiger partial charge in [-0.1, -0.05) is 38.3 Å². The molecular weight excluding hydrogens is 312 g/mol. The molecule has 0 aromatic heterocycles. The quantitative estimate of drug-likeness (QED) is 0.798. The van der Waals surface area contributed by atoms with E-state index in [9.17, 15) is 4.79 Å². The number of hydrogen-bond acceptors (Lipinski definition) is 3. The molecule has 4 heteroatoms. The van der Waals surface area contributed by atoms with Gasteiger partial charge in [-0.2, -0.15) is 0 Å². The molecule has 3 fully saturated rings. The number of fused-ring (bicyclic) bond motifs is 1. The summed E-state index contributed by atoms with van der Waals surface area (Å²) in [6.45, 7) is 10.4. The minimum Gasteiger partial charge on any atom is -0.370 e. The zero-order valence-corrected chi connectivity index (χ0v) is 16.1. The Labute approximate surface area is 152 Å². The third-order valence-corrected chi connectivity index (χ3v) is 7.63. The van der Waals surface area contributed by atoms with Crippen LogP contribution in [0.1, 0.15) is 59.3 Å². The molecule has 4 nitrogen and oxygen atoms in total. The number of rotatable bonds is 3.